The number of nitrogens with one attached hydrogen (secondary N) is 1. The normalized spacial score (nSPS) is 16.4. The zero-order valence-corrected chi connectivity index (χ0v) is 19.0. The minimum absolute atomic E-state index is 0.0126. The third-order valence-corrected chi connectivity index (χ3v) is 8.00. The van der Waals surface area contributed by atoms with E-state index in [1.54, 1.807) is 30.3 Å². The first kappa shape index (κ1) is 22.2. The van der Waals surface area contributed by atoms with Gasteiger partial charge in [0, 0.05) is 19.0 Å². The van der Waals surface area contributed by atoms with Gasteiger partial charge in [-0.15, -0.1) is 0 Å². The minimum atomic E-state index is -3.50. The van der Waals surface area contributed by atoms with Crippen molar-refractivity contribution in [3.8, 4) is 11.1 Å². The molecule has 3 aromatic rings. The van der Waals surface area contributed by atoms with Crippen LogP contribution in [0.1, 0.15) is 31.4 Å². The Balaban J connectivity index is 1.33. The summed E-state index contributed by atoms with van der Waals surface area (Å²) < 4.78 is 27.0. The predicted molar refractivity (Wildman–Crippen MR) is 126 cm³/mol. The Morgan fingerprint density at radius 1 is 0.844 bits per heavy atom. The first-order valence-electron chi connectivity index (χ1n) is 11.0. The molecule has 1 saturated heterocycles. The lowest BCUT2D eigenvalue weighted by molar-refractivity contribution is -0.126. The van der Waals surface area contributed by atoms with Gasteiger partial charge in [0.2, 0.25) is 15.9 Å². The second-order valence-corrected chi connectivity index (χ2v) is 10.1. The van der Waals surface area contributed by atoms with Crippen LogP contribution in [0.3, 0.4) is 0 Å². The summed E-state index contributed by atoms with van der Waals surface area (Å²) in [5, 5.41) is 3.10. The Morgan fingerprint density at radius 3 is 1.97 bits per heavy atom. The molecule has 1 fully saturated rings. The van der Waals surface area contributed by atoms with E-state index in [9.17, 15) is 13.2 Å². The second kappa shape index (κ2) is 9.67. The van der Waals surface area contributed by atoms with Gasteiger partial charge in [-0.2, -0.15) is 4.31 Å². The molecule has 0 spiro atoms. The van der Waals surface area contributed by atoms with Crippen LogP contribution in [0.4, 0.5) is 0 Å². The monoisotopic (exact) mass is 448 g/mol. The van der Waals surface area contributed by atoms with E-state index in [1.165, 1.54) is 4.31 Å². The van der Waals surface area contributed by atoms with Crippen LogP contribution < -0.4 is 5.32 Å². The third kappa shape index (κ3) is 4.92. The number of sulfonamides is 1. The van der Waals surface area contributed by atoms with Crippen molar-refractivity contribution in [3.05, 3.63) is 90.5 Å². The summed E-state index contributed by atoms with van der Waals surface area (Å²) in [5.41, 5.74) is 3.34. The van der Waals surface area contributed by atoms with Crippen molar-refractivity contribution >= 4 is 15.9 Å². The summed E-state index contributed by atoms with van der Waals surface area (Å²) in [6, 6.07) is 26.8. The van der Waals surface area contributed by atoms with E-state index in [-0.39, 0.29) is 17.9 Å². The van der Waals surface area contributed by atoms with Crippen LogP contribution >= 0.6 is 0 Å². The maximum atomic E-state index is 12.8. The molecule has 1 aliphatic heterocycles. The molecule has 1 unspecified atom stereocenters. The Morgan fingerprint density at radius 2 is 1.38 bits per heavy atom. The molecule has 1 atom stereocenters. The fraction of sp³-hybridized carbons (Fsp3) is 0.269. The number of carbonyl (C=O) groups is 1. The lowest BCUT2D eigenvalue weighted by Crippen LogP contribution is -2.43. The van der Waals surface area contributed by atoms with Crippen molar-refractivity contribution in [1.82, 2.24) is 9.62 Å². The van der Waals surface area contributed by atoms with Gasteiger partial charge in [-0.1, -0.05) is 72.8 Å². The molecule has 1 amide bonds. The number of piperidine rings is 1. The number of amides is 1. The van der Waals surface area contributed by atoms with Crippen LogP contribution in [-0.2, 0) is 14.8 Å². The molecule has 0 saturated carbocycles. The number of hydrogen-bond donors (Lipinski definition) is 1. The zero-order chi connectivity index (χ0) is 22.6. The summed E-state index contributed by atoms with van der Waals surface area (Å²) in [4.78, 5) is 13.1. The van der Waals surface area contributed by atoms with Gasteiger partial charge in [-0.3, -0.25) is 4.79 Å². The maximum Gasteiger partial charge on any atom is 0.243 e. The topological polar surface area (TPSA) is 66.5 Å². The highest BCUT2D eigenvalue weighted by molar-refractivity contribution is 7.89. The van der Waals surface area contributed by atoms with E-state index in [1.807, 2.05) is 37.3 Å². The minimum Gasteiger partial charge on any atom is -0.349 e. The van der Waals surface area contributed by atoms with Gasteiger partial charge < -0.3 is 5.32 Å². The number of benzene rings is 3. The van der Waals surface area contributed by atoms with E-state index in [4.69, 9.17) is 0 Å². The molecule has 0 radical (unpaired) electrons. The van der Waals surface area contributed by atoms with Gasteiger partial charge in [0.15, 0.2) is 0 Å². The molecule has 32 heavy (non-hydrogen) atoms. The molecule has 1 heterocycles. The number of nitrogens with zero attached hydrogens (tertiary/aromatic N) is 1. The van der Waals surface area contributed by atoms with Gasteiger partial charge in [-0.05, 0) is 48.6 Å². The quantitative estimate of drug-likeness (QED) is 0.598. The van der Waals surface area contributed by atoms with Gasteiger partial charge in [0.1, 0.15) is 0 Å². The van der Waals surface area contributed by atoms with Gasteiger partial charge >= 0.3 is 0 Å². The first-order chi connectivity index (χ1) is 15.4. The van der Waals surface area contributed by atoms with Gasteiger partial charge in [0.05, 0.1) is 10.9 Å². The van der Waals surface area contributed by atoms with Gasteiger partial charge in [0.25, 0.3) is 0 Å². The molecule has 6 heteroatoms. The highest BCUT2D eigenvalue weighted by Gasteiger charge is 2.32. The fourth-order valence-corrected chi connectivity index (χ4v) is 5.60. The lowest BCUT2D eigenvalue weighted by atomic mass is 9.96. The van der Waals surface area contributed by atoms with E-state index in [0.29, 0.717) is 30.8 Å². The van der Waals surface area contributed by atoms with Crippen molar-refractivity contribution in [1.29, 1.82) is 0 Å². The van der Waals surface area contributed by atoms with Crippen LogP contribution in [0, 0.1) is 5.92 Å². The fourth-order valence-electron chi connectivity index (χ4n) is 4.11. The summed E-state index contributed by atoms with van der Waals surface area (Å²) in [5.74, 6) is -0.190. The van der Waals surface area contributed by atoms with Crippen molar-refractivity contribution in [2.24, 2.45) is 5.92 Å². The van der Waals surface area contributed by atoms with E-state index in [0.717, 1.165) is 16.7 Å². The highest BCUT2D eigenvalue weighted by atomic mass is 32.2. The average molecular weight is 449 g/mol. The Bertz CT molecular complexity index is 1140. The Hall–Kier alpha value is -2.96. The largest absolute Gasteiger partial charge is 0.349 e. The standard InChI is InChI=1S/C26H28N2O3S/c1-20(21-12-14-23(15-13-21)22-8-4-2-5-9-22)27-26(29)24-16-18-28(19-17-24)32(30,31)25-10-6-3-7-11-25/h2-15,20,24H,16-19H2,1H3,(H,27,29). The Kier molecular flexibility index (Phi) is 6.72. The van der Waals surface area contributed by atoms with Crippen LogP contribution in [0.25, 0.3) is 11.1 Å². The SMILES string of the molecule is CC(NC(=O)C1CCN(S(=O)(=O)c2ccccc2)CC1)c1ccc(-c2ccccc2)cc1. The van der Waals surface area contributed by atoms with Crippen molar-refractivity contribution in [3.63, 3.8) is 0 Å². The first-order valence-corrected chi connectivity index (χ1v) is 12.4. The zero-order valence-electron chi connectivity index (χ0n) is 18.1. The van der Waals surface area contributed by atoms with Crippen molar-refractivity contribution in [2.45, 2.75) is 30.7 Å². The van der Waals surface area contributed by atoms with Crippen LogP contribution in [0.2, 0.25) is 0 Å². The maximum absolute atomic E-state index is 12.8. The van der Waals surface area contributed by atoms with Crippen LogP contribution in [0.15, 0.2) is 89.8 Å². The van der Waals surface area contributed by atoms with E-state index < -0.39 is 10.0 Å². The molecule has 5 nitrogen and oxygen atoms in total. The number of hydrogen-bond acceptors (Lipinski definition) is 3. The van der Waals surface area contributed by atoms with Crippen LogP contribution in [0.5, 0.6) is 0 Å². The van der Waals surface area contributed by atoms with Crippen molar-refractivity contribution < 1.29 is 13.2 Å². The molecule has 3 aromatic carbocycles. The van der Waals surface area contributed by atoms with Gasteiger partial charge in [-0.25, -0.2) is 8.42 Å². The smallest absolute Gasteiger partial charge is 0.243 e. The van der Waals surface area contributed by atoms with E-state index >= 15 is 0 Å². The molecular formula is C26H28N2O3S. The molecule has 166 valence electrons. The highest BCUT2D eigenvalue weighted by Crippen LogP contribution is 2.26. The summed E-state index contributed by atoms with van der Waals surface area (Å²) in [7, 11) is -3.50. The average Bonchev–Trinajstić information content (AvgIpc) is 2.85. The summed E-state index contributed by atoms with van der Waals surface area (Å²) in [6.07, 6.45) is 1.05. The summed E-state index contributed by atoms with van der Waals surface area (Å²) >= 11 is 0. The van der Waals surface area contributed by atoms with E-state index in [2.05, 4.69) is 29.6 Å². The lowest BCUT2D eigenvalue weighted by Gasteiger charge is -2.31. The second-order valence-electron chi connectivity index (χ2n) is 8.21. The Labute approximate surface area is 190 Å². The van der Waals surface area contributed by atoms with Crippen LogP contribution in [-0.4, -0.2) is 31.7 Å². The molecule has 0 bridgehead atoms. The molecule has 0 aliphatic carbocycles. The number of carbonyl (C=O) groups excluding carboxylic acids is 1. The van der Waals surface area contributed by atoms with Crippen molar-refractivity contribution in [2.75, 3.05) is 13.1 Å². The molecule has 1 aliphatic rings. The summed E-state index contributed by atoms with van der Waals surface area (Å²) in [6.45, 7) is 2.69. The molecule has 4 rings (SSSR count). The molecule has 1 N–H and O–H groups in total. The third-order valence-electron chi connectivity index (χ3n) is 6.08. The molecular weight excluding hydrogens is 420 g/mol. The number of rotatable bonds is 6. The molecule has 0 aromatic heterocycles. The predicted octanol–water partition coefficient (Wildman–Crippen LogP) is 4.63.